The average molecular weight is 273 g/mol. The molecule has 0 N–H and O–H groups in total. The molecule has 0 aromatic carbocycles. The Hall–Kier alpha value is -0.280. The van der Waals surface area contributed by atoms with Crippen molar-refractivity contribution >= 4 is 17.5 Å². The summed E-state index contributed by atoms with van der Waals surface area (Å²) in [5, 5.41) is 0. The first-order chi connectivity index (χ1) is 8.32. The molecule has 0 aromatic rings. The van der Waals surface area contributed by atoms with Crippen LogP contribution in [0.4, 0.5) is 0 Å². The number of alkyl halides is 1. The Bertz CT molecular complexity index is 319. The number of piperazine rings is 1. The van der Waals surface area contributed by atoms with Gasteiger partial charge in [0.05, 0.1) is 0 Å². The van der Waals surface area contributed by atoms with Crippen LogP contribution in [0.25, 0.3) is 0 Å². The van der Waals surface area contributed by atoms with Gasteiger partial charge in [0.15, 0.2) is 0 Å². The zero-order chi connectivity index (χ0) is 13.6. The van der Waals surface area contributed by atoms with Gasteiger partial charge < -0.3 is 4.90 Å². The summed E-state index contributed by atoms with van der Waals surface area (Å²) in [6.07, 6.45) is 0. The molecule has 2 aliphatic rings. The van der Waals surface area contributed by atoms with Crippen LogP contribution in [-0.2, 0) is 4.79 Å². The number of carbonyl (C=O) groups is 1. The van der Waals surface area contributed by atoms with Gasteiger partial charge in [0.1, 0.15) is 0 Å². The number of amides is 1. The molecule has 0 spiro atoms. The highest BCUT2D eigenvalue weighted by Crippen LogP contribution is 2.68. The topological polar surface area (TPSA) is 23.6 Å². The fourth-order valence-electron chi connectivity index (χ4n) is 3.31. The highest BCUT2D eigenvalue weighted by Gasteiger charge is 2.68. The number of rotatable bonds is 3. The Kier molecular flexibility index (Phi) is 3.67. The normalized spacial score (nSPS) is 27.3. The zero-order valence-corrected chi connectivity index (χ0v) is 12.8. The van der Waals surface area contributed by atoms with E-state index >= 15 is 0 Å². The number of nitrogens with zero attached hydrogens (tertiary/aromatic N) is 2. The summed E-state index contributed by atoms with van der Waals surface area (Å²) in [4.78, 5) is 16.9. The molecule has 3 nitrogen and oxygen atoms in total. The van der Waals surface area contributed by atoms with Crippen LogP contribution in [0, 0.1) is 16.7 Å². The summed E-state index contributed by atoms with van der Waals surface area (Å²) >= 11 is 5.75. The predicted octanol–water partition coefficient (Wildman–Crippen LogP) is 2.05. The van der Waals surface area contributed by atoms with Crippen molar-refractivity contribution in [3.63, 3.8) is 0 Å². The van der Waals surface area contributed by atoms with Crippen LogP contribution in [0.15, 0.2) is 0 Å². The molecule has 0 unspecified atom stereocenters. The van der Waals surface area contributed by atoms with Gasteiger partial charge in [-0.1, -0.05) is 27.7 Å². The second kappa shape index (κ2) is 4.68. The van der Waals surface area contributed by atoms with Gasteiger partial charge in [0, 0.05) is 44.5 Å². The third kappa shape index (κ3) is 2.16. The minimum Gasteiger partial charge on any atom is -0.340 e. The molecule has 1 heterocycles. The van der Waals surface area contributed by atoms with Gasteiger partial charge >= 0.3 is 0 Å². The number of carbonyl (C=O) groups excluding carboxylic acids is 1. The Morgan fingerprint density at radius 2 is 1.61 bits per heavy atom. The predicted molar refractivity (Wildman–Crippen MR) is 74.8 cm³/mol. The first kappa shape index (κ1) is 14.1. The van der Waals surface area contributed by atoms with E-state index in [2.05, 4.69) is 32.6 Å². The Balaban J connectivity index is 1.90. The third-order valence-electron chi connectivity index (χ3n) is 5.35. The lowest BCUT2D eigenvalue weighted by molar-refractivity contribution is -0.135. The second-order valence-corrected chi connectivity index (χ2v) is 7.11. The van der Waals surface area contributed by atoms with E-state index in [0.717, 1.165) is 32.7 Å². The molecule has 18 heavy (non-hydrogen) atoms. The van der Waals surface area contributed by atoms with Crippen LogP contribution in [0.5, 0.6) is 0 Å². The van der Waals surface area contributed by atoms with Crippen LogP contribution in [0.1, 0.15) is 27.7 Å². The molecular formula is C14H25ClN2O. The molecule has 104 valence electrons. The maximum atomic E-state index is 12.5. The maximum absolute atomic E-state index is 12.5. The summed E-state index contributed by atoms with van der Waals surface area (Å²) in [5.41, 5.74) is 0.300. The van der Waals surface area contributed by atoms with Crippen molar-refractivity contribution in [3.05, 3.63) is 0 Å². The molecule has 0 atom stereocenters. The molecule has 1 aliphatic carbocycles. The molecule has 0 radical (unpaired) electrons. The fourth-order valence-corrected chi connectivity index (χ4v) is 3.55. The Morgan fingerprint density at radius 1 is 1.11 bits per heavy atom. The SMILES string of the molecule is CC1(C)C(C(=O)N2CCN(CCCl)CC2)C1(C)C. The lowest BCUT2D eigenvalue weighted by atomic mass is 10.0. The zero-order valence-electron chi connectivity index (χ0n) is 12.0. The molecule has 0 bridgehead atoms. The van der Waals surface area contributed by atoms with Crippen LogP contribution in [-0.4, -0.2) is 54.3 Å². The summed E-state index contributed by atoms with van der Waals surface area (Å²) in [5.74, 6) is 1.23. The summed E-state index contributed by atoms with van der Waals surface area (Å²) in [6, 6.07) is 0. The average Bonchev–Trinajstić information content (AvgIpc) is 2.70. The molecule has 1 saturated carbocycles. The third-order valence-corrected chi connectivity index (χ3v) is 5.52. The van der Waals surface area contributed by atoms with E-state index in [9.17, 15) is 4.79 Å². The van der Waals surface area contributed by atoms with Crippen molar-refractivity contribution in [2.45, 2.75) is 27.7 Å². The van der Waals surface area contributed by atoms with Crippen LogP contribution in [0.2, 0.25) is 0 Å². The molecule has 0 aromatic heterocycles. The quantitative estimate of drug-likeness (QED) is 0.734. The molecular weight excluding hydrogens is 248 g/mol. The van der Waals surface area contributed by atoms with Gasteiger partial charge in [-0.05, 0) is 10.8 Å². The van der Waals surface area contributed by atoms with Gasteiger partial charge in [-0.3, -0.25) is 9.69 Å². The number of hydrogen-bond donors (Lipinski definition) is 0. The fraction of sp³-hybridized carbons (Fsp3) is 0.929. The summed E-state index contributed by atoms with van der Waals surface area (Å²) < 4.78 is 0. The molecule has 1 saturated heterocycles. The van der Waals surface area contributed by atoms with Crippen molar-refractivity contribution in [1.29, 1.82) is 0 Å². The number of hydrogen-bond acceptors (Lipinski definition) is 2. The number of halogens is 1. The van der Waals surface area contributed by atoms with E-state index in [4.69, 9.17) is 11.6 Å². The van der Waals surface area contributed by atoms with E-state index in [0.29, 0.717) is 11.8 Å². The summed E-state index contributed by atoms with van der Waals surface area (Å²) in [6.45, 7) is 13.4. The Labute approximate surface area is 115 Å². The molecule has 4 heteroatoms. The van der Waals surface area contributed by atoms with Crippen molar-refractivity contribution in [3.8, 4) is 0 Å². The first-order valence-electron chi connectivity index (χ1n) is 6.89. The highest BCUT2D eigenvalue weighted by molar-refractivity contribution is 6.18. The first-order valence-corrected chi connectivity index (χ1v) is 7.43. The second-order valence-electron chi connectivity index (χ2n) is 6.73. The van der Waals surface area contributed by atoms with E-state index in [-0.39, 0.29) is 16.7 Å². The maximum Gasteiger partial charge on any atom is 0.226 e. The lowest BCUT2D eigenvalue weighted by Crippen LogP contribution is -2.50. The van der Waals surface area contributed by atoms with E-state index < -0.39 is 0 Å². The van der Waals surface area contributed by atoms with Crippen LogP contribution in [0.3, 0.4) is 0 Å². The van der Waals surface area contributed by atoms with Gasteiger partial charge in [-0.15, -0.1) is 11.6 Å². The van der Waals surface area contributed by atoms with Gasteiger partial charge in [0.2, 0.25) is 5.91 Å². The van der Waals surface area contributed by atoms with E-state index in [1.165, 1.54) is 0 Å². The van der Waals surface area contributed by atoms with Crippen molar-refractivity contribution in [2.75, 3.05) is 38.6 Å². The van der Waals surface area contributed by atoms with Crippen LogP contribution >= 0.6 is 11.6 Å². The van der Waals surface area contributed by atoms with Crippen LogP contribution < -0.4 is 0 Å². The Morgan fingerprint density at radius 3 is 2.00 bits per heavy atom. The smallest absolute Gasteiger partial charge is 0.226 e. The van der Waals surface area contributed by atoms with Crippen molar-refractivity contribution in [2.24, 2.45) is 16.7 Å². The highest BCUT2D eigenvalue weighted by atomic mass is 35.5. The summed E-state index contributed by atoms with van der Waals surface area (Å²) in [7, 11) is 0. The van der Waals surface area contributed by atoms with Gasteiger partial charge in [-0.25, -0.2) is 0 Å². The van der Waals surface area contributed by atoms with Crippen molar-refractivity contribution < 1.29 is 4.79 Å². The lowest BCUT2D eigenvalue weighted by Gasteiger charge is -2.34. The largest absolute Gasteiger partial charge is 0.340 e. The van der Waals surface area contributed by atoms with E-state index in [1.807, 2.05) is 4.90 Å². The standard InChI is InChI=1S/C14H25ClN2O/c1-13(2)11(14(13,3)4)12(18)17-9-7-16(6-5-15)8-10-17/h11H,5-10H2,1-4H3. The monoisotopic (exact) mass is 272 g/mol. The van der Waals surface area contributed by atoms with E-state index in [1.54, 1.807) is 0 Å². The van der Waals surface area contributed by atoms with Gasteiger partial charge in [-0.2, -0.15) is 0 Å². The minimum absolute atomic E-state index is 0.150. The molecule has 2 fully saturated rings. The van der Waals surface area contributed by atoms with Crippen molar-refractivity contribution in [1.82, 2.24) is 9.80 Å². The van der Waals surface area contributed by atoms with Gasteiger partial charge in [0.25, 0.3) is 0 Å². The molecule has 1 amide bonds. The minimum atomic E-state index is 0.150. The molecule has 1 aliphatic heterocycles. The molecule has 2 rings (SSSR count).